The van der Waals surface area contributed by atoms with E-state index in [0.717, 1.165) is 5.75 Å². The van der Waals surface area contributed by atoms with Gasteiger partial charge in [0.2, 0.25) is 0 Å². The SMILES string of the molecule is COC(=O)c1cc([N+](=O)[O-])c(N2CCSC(C)(C)C2)cc1Cl. The lowest BCUT2D eigenvalue weighted by Crippen LogP contribution is -2.43. The fourth-order valence-electron chi connectivity index (χ4n) is 2.44. The summed E-state index contributed by atoms with van der Waals surface area (Å²) >= 11 is 7.94. The summed E-state index contributed by atoms with van der Waals surface area (Å²) in [5.74, 6) is 0.190. The number of ether oxygens (including phenoxy) is 1. The molecule has 0 unspecified atom stereocenters. The maximum absolute atomic E-state index is 11.7. The summed E-state index contributed by atoms with van der Waals surface area (Å²) < 4.78 is 4.61. The van der Waals surface area contributed by atoms with Crippen molar-refractivity contribution in [1.82, 2.24) is 0 Å². The number of halogens is 1. The van der Waals surface area contributed by atoms with E-state index in [2.05, 4.69) is 18.6 Å². The van der Waals surface area contributed by atoms with E-state index in [1.54, 1.807) is 0 Å². The fourth-order valence-corrected chi connectivity index (χ4v) is 3.79. The number of methoxy groups -OCH3 is 1. The highest BCUT2D eigenvalue weighted by atomic mass is 35.5. The molecule has 22 heavy (non-hydrogen) atoms. The van der Waals surface area contributed by atoms with Crippen LogP contribution in [0.4, 0.5) is 11.4 Å². The van der Waals surface area contributed by atoms with Gasteiger partial charge in [-0.25, -0.2) is 4.79 Å². The number of nitro groups is 1. The van der Waals surface area contributed by atoms with Gasteiger partial charge in [0.25, 0.3) is 5.69 Å². The molecular weight excluding hydrogens is 328 g/mol. The maximum Gasteiger partial charge on any atom is 0.339 e. The average molecular weight is 345 g/mol. The Kier molecular flexibility index (Phi) is 4.87. The van der Waals surface area contributed by atoms with E-state index in [1.165, 1.54) is 19.2 Å². The Labute approximate surface area is 137 Å². The standard InChI is InChI=1S/C14H17ClN2O4S/c1-14(2)8-16(4-5-22-14)11-7-10(15)9(13(18)21-3)6-12(11)17(19)20/h6-7H,4-5,8H2,1-3H3. The Balaban J connectivity index is 2.49. The number of thioether (sulfide) groups is 1. The van der Waals surface area contributed by atoms with Gasteiger partial charge in [0.05, 0.1) is 22.6 Å². The molecule has 0 saturated carbocycles. The molecule has 0 atom stereocenters. The zero-order valence-electron chi connectivity index (χ0n) is 12.6. The predicted molar refractivity (Wildman–Crippen MR) is 88.2 cm³/mol. The Bertz CT molecular complexity index is 621. The van der Waals surface area contributed by atoms with Gasteiger partial charge in [-0.15, -0.1) is 0 Å². The van der Waals surface area contributed by atoms with Crippen LogP contribution in [0.5, 0.6) is 0 Å². The Morgan fingerprint density at radius 3 is 2.73 bits per heavy atom. The Hall–Kier alpha value is -1.47. The monoisotopic (exact) mass is 344 g/mol. The number of esters is 1. The lowest BCUT2D eigenvalue weighted by atomic mass is 10.1. The van der Waals surface area contributed by atoms with Crippen LogP contribution < -0.4 is 4.90 Å². The molecule has 1 fully saturated rings. The minimum Gasteiger partial charge on any atom is -0.465 e. The molecule has 2 rings (SSSR count). The van der Waals surface area contributed by atoms with Crippen molar-refractivity contribution in [1.29, 1.82) is 0 Å². The van der Waals surface area contributed by atoms with Gasteiger partial charge in [-0.05, 0) is 19.9 Å². The van der Waals surface area contributed by atoms with Crippen LogP contribution >= 0.6 is 23.4 Å². The number of carbonyl (C=O) groups excluding carboxylic acids is 1. The molecular formula is C14H17ClN2O4S. The third-order valence-electron chi connectivity index (χ3n) is 3.43. The van der Waals surface area contributed by atoms with E-state index >= 15 is 0 Å². The number of rotatable bonds is 3. The molecule has 1 aromatic carbocycles. The van der Waals surface area contributed by atoms with Crippen LogP contribution in [0.3, 0.4) is 0 Å². The molecule has 1 heterocycles. The van der Waals surface area contributed by atoms with Crippen molar-refractivity contribution in [3.05, 3.63) is 32.8 Å². The van der Waals surface area contributed by atoms with Crippen molar-refractivity contribution in [2.45, 2.75) is 18.6 Å². The number of carbonyl (C=O) groups is 1. The fraction of sp³-hybridized carbons (Fsp3) is 0.500. The average Bonchev–Trinajstić information content (AvgIpc) is 2.44. The highest BCUT2D eigenvalue weighted by molar-refractivity contribution is 8.00. The van der Waals surface area contributed by atoms with E-state index in [1.807, 2.05) is 16.7 Å². The lowest BCUT2D eigenvalue weighted by molar-refractivity contribution is -0.384. The maximum atomic E-state index is 11.7. The quantitative estimate of drug-likeness (QED) is 0.475. The van der Waals surface area contributed by atoms with Crippen LogP contribution in [-0.2, 0) is 4.74 Å². The van der Waals surface area contributed by atoms with E-state index < -0.39 is 10.9 Å². The summed E-state index contributed by atoms with van der Waals surface area (Å²) in [4.78, 5) is 24.5. The molecule has 0 radical (unpaired) electrons. The molecule has 1 aliphatic heterocycles. The molecule has 1 aliphatic rings. The van der Waals surface area contributed by atoms with Gasteiger partial charge < -0.3 is 9.64 Å². The first-order valence-electron chi connectivity index (χ1n) is 6.70. The van der Waals surface area contributed by atoms with E-state index in [0.29, 0.717) is 18.8 Å². The minimum atomic E-state index is -0.686. The first kappa shape index (κ1) is 16.9. The van der Waals surface area contributed by atoms with Crippen molar-refractivity contribution >= 4 is 40.7 Å². The number of nitrogens with zero attached hydrogens (tertiary/aromatic N) is 2. The summed E-state index contributed by atoms with van der Waals surface area (Å²) in [5.41, 5.74) is 0.314. The molecule has 8 heteroatoms. The van der Waals surface area contributed by atoms with Gasteiger partial charge in [-0.3, -0.25) is 10.1 Å². The summed E-state index contributed by atoms with van der Waals surface area (Å²) in [6.07, 6.45) is 0. The van der Waals surface area contributed by atoms with Crippen molar-refractivity contribution in [3.8, 4) is 0 Å². The van der Waals surface area contributed by atoms with E-state index in [4.69, 9.17) is 11.6 Å². The second kappa shape index (κ2) is 6.34. The molecule has 0 bridgehead atoms. The van der Waals surface area contributed by atoms with Gasteiger partial charge in [0.15, 0.2) is 0 Å². The predicted octanol–water partition coefficient (Wildman–Crippen LogP) is 3.37. The van der Waals surface area contributed by atoms with Gasteiger partial charge >= 0.3 is 5.97 Å². The number of hydrogen-bond acceptors (Lipinski definition) is 6. The number of anilines is 1. The molecule has 120 valence electrons. The lowest BCUT2D eigenvalue weighted by Gasteiger charge is -2.38. The summed E-state index contributed by atoms with van der Waals surface area (Å²) in [7, 11) is 1.21. The summed E-state index contributed by atoms with van der Waals surface area (Å²) in [6, 6.07) is 2.68. The van der Waals surface area contributed by atoms with Gasteiger partial charge in [-0.2, -0.15) is 11.8 Å². The molecule has 1 aromatic rings. The van der Waals surface area contributed by atoms with Crippen LogP contribution in [0, 0.1) is 10.1 Å². The summed E-state index contributed by atoms with van der Waals surface area (Å²) in [6.45, 7) is 5.56. The molecule has 0 aliphatic carbocycles. The Morgan fingerprint density at radius 1 is 1.50 bits per heavy atom. The molecule has 0 amide bonds. The third kappa shape index (κ3) is 3.47. The molecule has 0 spiro atoms. The van der Waals surface area contributed by atoms with Gasteiger partial charge in [0, 0.05) is 29.7 Å². The smallest absolute Gasteiger partial charge is 0.339 e. The van der Waals surface area contributed by atoms with Crippen LogP contribution in [0.2, 0.25) is 5.02 Å². The zero-order valence-corrected chi connectivity index (χ0v) is 14.2. The van der Waals surface area contributed by atoms with Crippen molar-refractivity contribution < 1.29 is 14.5 Å². The van der Waals surface area contributed by atoms with Crippen molar-refractivity contribution in [2.75, 3.05) is 30.9 Å². The van der Waals surface area contributed by atoms with Gasteiger partial charge in [-0.1, -0.05) is 11.6 Å². The highest BCUT2D eigenvalue weighted by Gasteiger charge is 2.32. The summed E-state index contributed by atoms with van der Waals surface area (Å²) in [5, 5.41) is 11.5. The normalized spacial score (nSPS) is 17.2. The molecule has 0 N–H and O–H groups in total. The van der Waals surface area contributed by atoms with Crippen molar-refractivity contribution in [2.24, 2.45) is 0 Å². The topological polar surface area (TPSA) is 72.7 Å². The second-order valence-electron chi connectivity index (χ2n) is 5.60. The number of nitro benzene ring substituents is 1. The first-order chi connectivity index (χ1) is 10.2. The van der Waals surface area contributed by atoms with Crippen LogP contribution in [0.15, 0.2) is 12.1 Å². The van der Waals surface area contributed by atoms with Crippen LogP contribution in [0.25, 0.3) is 0 Å². The van der Waals surface area contributed by atoms with Gasteiger partial charge in [0.1, 0.15) is 5.69 Å². The highest BCUT2D eigenvalue weighted by Crippen LogP contribution is 2.38. The van der Waals surface area contributed by atoms with E-state index in [-0.39, 0.29) is 21.0 Å². The first-order valence-corrected chi connectivity index (χ1v) is 8.06. The van der Waals surface area contributed by atoms with Crippen LogP contribution in [-0.4, -0.2) is 41.6 Å². The number of hydrogen-bond donors (Lipinski definition) is 0. The van der Waals surface area contributed by atoms with Crippen LogP contribution in [0.1, 0.15) is 24.2 Å². The Morgan fingerprint density at radius 2 is 2.18 bits per heavy atom. The minimum absolute atomic E-state index is 0.000382. The molecule has 1 saturated heterocycles. The van der Waals surface area contributed by atoms with Crippen molar-refractivity contribution in [3.63, 3.8) is 0 Å². The zero-order chi connectivity index (χ0) is 16.5. The molecule has 0 aromatic heterocycles. The third-order valence-corrected chi connectivity index (χ3v) is 5.04. The second-order valence-corrected chi connectivity index (χ2v) is 7.81. The largest absolute Gasteiger partial charge is 0.465 e. The van der Waals surface area contributed by atoms with E-state index in [9.17, 15) is 14.9 Å². The molecule has 6 nitrogen and oxygen atoms in total. The number of benzene rings is 1.